The second kappa shape index (κ2) is 12.7. The number of hydrogen-bond donors (Lipinski definition) is 7. The van der Waals surface area contributed by atoms with Crippen LogP contribution in [0.25, 0.3) is 0 Å². The molecule has 29 heavy (non-hydrogen) atoms. The van der Waals surface area contributed by atoms with Gasteiger partial charge >= 0.3 is 5.97 Å². The smallest absolute Gasteiger partial charge is 0.325 e. The average Bonchev–Trinajstić information content (AvgIpc) is 2.62. The molecular formula is C17H31N5O7. The van der Waals surface area contributed by atoms with Gasteiger partial charge in [0.15, 0.2) is 0 Å². The van der Waals surface area contributed by atoms with Gasteiger partial charge in [-0.2, -0.15) is 0 Å². The lowest BCUT2D eigenvalue weighted by Crippen LogP contribution is -2.57. The van der Waals surface area contributed by atoms with Crippen molar-refractivity contribution in [2.24, 2.45) is 17.4 Å². The molecule has 166 valence electrons. The van der Waals surface area contributed by atoms with Gasteiger partial charge in [0.2, 0.25) is 23.6 Å². The maximum Gasteiger partial charge on any atom is 0.325 e. The number of hydrogen-bond acceptors (Lipinski definition) is 7. The molecule has 0 aromatic heterocycles. The van der Waals surface area contributed by atoms with Crippen LogP contribution in [-0.2, 0) is 24.0 Å². The van der Waals surface area contributed by atoms with Crippen LogP contribution in [-0.4, -0.2) is 70.6 Å². The van der Waals surface area contributed by atoms with Crippen molar-refractivity contribution in [2.75, 3.05) is 6.61 Å². The lowest BCUT2D eigenvalue weighted by molar-refractivity contribution is -0.142. The number of nitrogens with two attached hydrogens (primary N) is 2. The van der Waals surface area contributed by atoms with Crippen LogP contribution in [0.3, 0.4) is 0 Å². The third-order valence-corrected chi connectivity index (χ3v) is 3.92. The van der Waals surface area contributed by atoms with Crippen LogP contribution >= 0.6 is 0 Å². The summed E-state index contributed by atoms with van der Waals surface area (Å²) in [4.78, 5) is 58.9. The van der Waals surface area contributed by atoms with Crippen molar-refractivity contribution in [1.29, 1.82) is 0 Å². The molecule has 4 amide bonds. The van der Waals surface area contributed by atoms with Gasteiger partial charge in [0, 0.05) is 6.42 Å². The molecule has 12 nitrogen and oxygen atoms in total. The summed E-state index contributed by atoms with van der Waals surface area (Å²) >= 11 is 0. The number of carbonyl (C=O) groups excluding carboxylic acids is 4. The number of carboxylic acid groups (broad SMARTS) is 1. The van der Waals surface area contributed by atoms with Gasteiger partial charge in [0.05, 0.1) is 6.61 Å². The molecule has 0 rings (SSSR count). The lowest BCUT2D eigenvalue weighted by Gasteiger charge is -2.25. The molecule has 0 fully saturated rings. The predicted octanol–water partition coefficient (Wildman–Crippen LogP) is -2.82. The van der Waals surface area contributed by atoms with Crippen LogP contribution in [0.15, 0.2) is 0 Å². The number of rotatable bonds is 13. The van der Waals surface area contributed by atoms with Crippen LogP contribution in [0.2, 0.25) is 0 Å². The number of primary amides is 1. The number of carbonyl (C=O) groups is 5. The molecule has 0 heterocycles. The highest BCUT2D eigenvalue weighted by molar-refractivity contribution is 5.94. The molecule has 0 bridgehead atoms. The number of nitrogens with one attached hydrogen (secondary N) is 3. The zero-order valence-corrected chi connectivity index (χ0v) is 16.8. The Hall–Kier alpha value is -2.73. The number of amides is 4. The Bertz CT molecular complexity index is 611. The van der Waals surface area contributed by atoms with Crippen molar-refractivity contribution in [3.63, 3.8) is 0 Å². The van der Waals surface area contributed by atoms with E-state index >= 15 is 0 Å². The Morgan fingerprint density at radius 1 is 0.897 bits per heavy atom. The van der Waals surface area contributed by atoms with Crippen molar-refractivity contribution >= 4 is 29.6 Å². The topological polar surface area (TPSA) is 214 Å². The summed E-state index contributed by atoms with van der Waals surface area (Å²) in [5.41, 5.74) is 10.5. The summed E-state index contributed by atoms with van der Waals surface area (Å²) in [5, 5.41) is 24.9. The van der Waals surface area contributed by atoms with E-state index in [0.717, 1.165) is 0 Å². The summed E-state index contributed by atoms with van der Waals surface area (Å²) in [7, 11) is 0. The monoisotopic (exact) mass is 417 g/mol. The third-order valence-electron chi connectivity index (χ3n) is 3.92. The second-order valence-electron chi connectivity index (χ2n) is 7.11. The lowest BCUT2D eigenvalue weighted by atomic mass is 10.0. The van der Waals surface area contributed by atoms with Crippen molar-refractivity contribution in [3.8, 4) is 0 Å². The first kappa shape index (κ1) is 26.3. The maximum atomic E-state index is 12.6. The first-order valence-electron chi connectivity index (χ1n) is 9.17. The first-order chi connectivity index (χ1) is 13.4. The molecule has 0 saturated heterocycles. The van der Waals surface area contributed by atoms with Gasteiger partial charge in [-0.05, 0) is 25.7 Å². The minimum absolute atomic E-state index is 0.0207. The number of aliphatic hydroxyl groups is 1. The highest BCUT2D eigenvalue weighted by Gasteiger charge is 2.29. The Labute approximate surface area is 168 Å². The van der Waals surface area contributed by atoms with E-state index in [1.165, 1.54) is 6.92 Å². The van der Waals surface area contributed by atoms with E-state index in [4.69, 9.17) is 21.7 Å². The minimum Gasteiger partial charge on any atom is -0.480 e. The van der Waals surface area contributed by atoms with E-state index in [-0.39, 0.29) is 25.2 Å². The van der Waals surface area contributed by atoms with E-state index in [2.05, 4.69) is 16.0 Å². The minimum atomic E-state index is -1.27. The highest BCUT2D eigenvalue weighted by atomic mass is 16.4. The summed E-state index contributed by atoms with van der Waals surface area (Å²) in [6.45, 7) is 4.24. The van der Waals surface area contributed by atoms with Gasteiger partial charge in [-0.15, -0.1) is 0 Å². The zero-order chi connectivity index (χ0) is 22.7. The van der Waals surface area contributed by atoms with Crippen LogP contribution in [0.5, 0.6) is 0 Å². The maximum absolute atomic E-state index is 12.6. The molecule has 0 aliphatic carbocycles. The molecule has 0 aliphatic heterocycles. The molecule has 0 radical (unpaired) electrons. The molecule has 4 atom stereocenters. The Balaban J connectivity index is 5.35. The van der Waals surface area contributed by atoms with Crippen molar-refractivity contribution in [2.45, 2.75) is 64.2 Å². The van der Waals surface area contributed by atoms with E-state index in [1.54, 1.807) is 13.8 Å². The summed E-state index contributed by atoms with van der Waals surface area (Å²) in [6, 6.07) is -4.73. The Morgan fingerprint density at radius 2 is 1.41 bits per heavy atom. The SMILES string of the molecule is CC(C)C[C@H](NC(=O)[C@H](CCC(N)=O)NC(=O)[C@@H](N)CO)C(=O)N[C@@H](C)C(=O)O. The van der Waals surface area contributed by atoms with E-state index < -0.39 is 60.4 Å². The molecule has 0 aliphatic rings. The standard InChI is InChI=1S/C17H31N5O7/c1-8(2)6-12(16(27)20-9(3)17(28)29)22-15(26)11(4-5-13(19)24)21-14(25)10(18)7-23/h8-12,23H,4-7,18H2,1-3H3,(H2,19,24)(H,20,27)(H,21,25)(H,22,26)(H,28,29)/t9-,10-,11-,12-/m0/s1. The second-order valence-corrected chi connectivity index (χ2v) is 7.11. The van der Waals surface area contributed by atoms with Crippen molar-refractivity contribution in [3.05, 3.63) is 0 Å². The van der Waals surface area contributed by atoms with Crippen LogP contribution in [0.1, 0.15) is 40.0 Å². The van der Waals surface area contributed by atoms with E-state index in [1.807, 2.05) is 0 Å². The summed E-state index contributed by atoms with van der Waals surface area (Å²) in [6.07, 6.45) is -0.160. The van der Waals surface area contributed by atoms with Crippen molar-refractivity contribution < 1.29 is 34.2 Å². The zero-order valence-electron chi connectivity index (χ0n) is 16.8. The molecule has 0 saturated carbocycles. The number of carboxylic acids is 1. The quantitative estimate of drug-likeness (QED) is 0.165. The van der Waals surface area contributed by atoms with Crippen LogP contribution < -0.4 is 27.4 Å². The number of aliphatic carboxylic acids is 1. The molecule has 0 aromatic rings. The molecule has 12 heteroatoms. The Morgan fingerprint density at radius 3 is 1.86 bits per heavy atom. The van der Waals surface area contributed by atoms with Gasteiger partial charge in [-0.3, -0.25) is 24.0 Å². The van der Waals surface area contributed by atoms with Gasteiger partial charge in [0.1, 0.15) is 24.2 Å². The fourth-order valence-corrected chi connectivity index (χ4v) is 2.27. The molecular weight excluding hydrogens is 386 g/mol. The highest BCUT2D eigenvalue weighted by Crippen LogP contribution is 2.07. The average molecular weight is 417 g/mol. The van der Waals surface area contributed by atoms with Gasteiger partial charge in [0.25, 0.3) is 0 Å². The molecule has 0 aromatic carbocycles. The predicted molar refractivity (Wildman–Crippen MR) is 102 cm³/mol. The van der Waals surface area contributed by atoms with E-state index in [9.17, 15) is 24.0 Å². The summed E-state index contributed by atoms with van der Waals surface area (Å²) in [5.74, 6) is -4.25. The largest absolute Gasteiger partial charge is 0.480 e. The van der Waals surface area contributed by atoms with Gasteiger partial charge in [-0.1, -0.05) is 13.8 Å². The van der Waals surface area contributed by atoms with Gasteiger partial charge in [-0.25, -0.2) is 0 Å². The first-order valence-corrected chi connectivity index (χ1v) is 9.17. The van der Waals surface area contributed by atoms with Crippen LogP contribution in [0, 0.1) is 5.92 Å². The molecule has 0 spiro atoms. The molecule has 9 N–H and O–H groups in total. The summed E-state index contributed by atoms with van der Waals surface area (Å²) < 4.78 is 0. The van der Waals surface area contributed by atoms with Crippen LogP contribution in [0.4, 0.5) is 0 Å². The number of aliphatic hydroxyl groups excluding tert-OH is 1. The van der Waals surface area contributed by atoms with Crippen molar-refractivity contribution in [1.82, 2.24) is 16.0 Å². The molecule has 0 unspecified atom stereocenters. The van der Waals surface area contributed by atoms with E-state index in [0.29, 0.717) is 0 Å². The fraction of sp³-hybridized carbons (Fsp3) is 0.706. The normalized spacial score (nSPS) is 15.0. The third kappa shape index (κ3) is 10.4. The Kier molecular flexibility index (Phi) is 11.5. The fourth-order valence-electron chi connectivity index (χ4n) is 2.27. The van der Waals surface area contributed by atoms with Gasteiger partial charge < -0.3 is 37.6 Å².